The third-order valence-corrected chi connectivity index (χ3v) is 3.12. The zero-order valence-electron chi connectivity index (χ0n) is 8.78. The molecule has 2 aromatic rings. The minimum absolute atomic E-state index is 0.305. The summed E-state index contributed by atoms with van der Waals surface area (Å²) in [5, 5.41) is 0.305. The smallest absolute Gasteiger partial charge is 0.298 e. The number of aryl methyl sites for hydroxylation is 2. The summed E-state index contributed by atoms with van der Waals surface area (Å²) < 4.78 is 41.1. The summed E-state index contributed by atoms with van der Waals surface area (Å²) in [6, 6.07) is 0. The Balaban J connectivity index is 2.39. The van der Waals surface area contributed by atoms with Crippen molar-refractivity contribution in [2.45, 2.75) is 26.1 Å². The van der Waals surface area contributed by atoms with E-state index in [0.717, 1.165) is 22.4 Å². The molecular weight excluding hydrogens is 255 g/mol. The van der Waals surface area contributed by atoms with Gasteiger partial charge in [0.1, 0.15) is 0 Å². The Morgan fingerprint density at radius 2 is 2.18 bits per heavy atom. The molecule has 2 aromatic heterocycles. The third kappa shape index (κ3) is 2.46. The van der Waals surface area contributed by atoms with Crippen LogP contribution in [0.2, 0.25) is 0 Å². The molecular formula is C9H8F3N3OS. The molecule has 0 aliphatic carbocycles. The number of aromatic nitrogens is 3. The van der Waals surface area contributed by atoms with Crippen LogP contribution in [-0.4, -0.2) is 20.1 Å². The van der Waals surface area contributed by atoms with Crippen molar-refractivity contribution < 1.29 is 13.2 Å². The summed E-state index contributed by atoms with van der Waals surface area (Å²) in [4.78, 5) is 16.2. The number of halogens is 3. The molecule has 0 saturated heterocycles. The Labute approximate surface area is 97.9 Å². The number of alkyl halides is 3. The first-order valence-corrected chi connectivity index (χ1v) is 5.54. The monoisotopic (exact) mass is 263 g/mol. The Hall–Kier alpha value is -1.44. The van der Waals surface area contributed by atoms with Crippen molar-refractivity contribution in [3.05, 3.63) is 22.4 Å². The van der Waals surface area contributed by atoms with Gasteiger partial charge in [-0.05, 0) is 18.5 Å². The zero-order chi connectivity index (χ0) is 12.6. The number of rotatable bonds is 2. The first kappa shape index (κ1) is 12.0. The summed E-state index contributed by atoms with van der Waals surface area (Å²) in [6.45, 7) is 1.22. The van der Waals surface area contributed by atoms with Crippen LogP contribution in [0.1, 0.15) is 12.1 Å². The van der Waals surface area contributed by atoms with E-state index in [9.17, 15) is 18.0 Å². The molecule has 0 saturated carbocycles. The number of hydrogen-bond acceptors (Lipinski definition) is 4. The van der Waals surface area contributed by atoms with Gasteiger partial charge < -0.3 is 0 Å². The van der Waals surface area contributed by atoms with Crippen LogP contribution in [0.4, 0.5) is 13.2 Å². The highest BCUT2D eigenvalue weighted by molar-refractivity contribution is 7.12. The fraction of sp³-hybridized carbons (Fsp3) is 0.444. The predicted octanol–water partition coefficient (Wildman–Crippen LogP) is 2.11. The van der Waals surface area contributed by atoms with E-state index in [1.165, 1.54) is 0 Å². The molecule has 0 fully saturated rings. The van der Waals surface area contributed by atoms with Crippen molar-refractivity contribution >= 4 is 21.7 Å². The lowest BCUT2D eigenvalue weighted by molar-refractivity contribution is -0.136. The molecule has 17 heavy (non-hydrogen) atoms. The molecule has 0 atom stereocenters. The SMILES string of the molecule is Cc1nsc2ncn(CCC(F)(F)F)c(=O)c12. The van der Waals surface area contributed by atoms with E-state index in [1.54, 1.807) is 6.92 Å². The van der Waals surface area contributed by atoms with E-state index in [0.29, 0.717) is 15.9 Å². The highest BCUT2D eigenvalue weighted by atomic mass is 32.1. The largest absolute Gasteiger partial charge is 0.390 e. The van der Waals surface area contributed by atoms with Gasteiger partial charge in [0, 0.05) is 6.54 Å². The Morgan fingerprint density at radius 3 is 2.82 bits per heavy atom. The molecule has 0 aliphatic rings. The molecule has 0 aliphatic heterocycles. The van der Waals surface area contributed by atoms with E-state index in [4.69, 9.17) is 0 Å². The zero-order valence-corrected chi connectivity index (χ0v) is 9.60. The van der Waals surface area contributed by atoms with E-state index in [1.807, 2.05) is 0 Å². The van der Waals surface area contributed by atoms with E-state index >= 15 is 0 Å². The standard InChI is InChI=1S/C9H8F3N3OS/c1-5-6-7(17-14-5)13-4-15(8(6)16)3-2-9(10,11)12/h4H,2-3H2,1H3. The van der Waals surface area contributed by atoms with Crippen LogP contribution in [0.15, 0.2) is 11.1 Å². The molecule has 0 radical (unpaired) electrons. The highest BCUT2D eigenvalue weighted by Gasteiger charge is 2.27. The van der Waals surface area contributed by atoms with Crippen molar-refractivity contribution in [2.75, 3.05) is 0 Å². The van der Waals surface area contributed by atoms with Crippen molar-refractivity contribution in [3.63, 3.8) is 0 Å². The van der Waals surface area contributed by atoms with Crippen LogP contribution in [0, 0.1) is 6.92 Å². The maximum Gasteiger partial charge on any atom is 0.390 e. The van der Waals surface area contributed by atoms with Crippen LogP contribution < -0.4 is 5.56 Å². The molecule has 4 nitrogen and oxygen atoms in total. The van der Waals surface area contributed by atoms with E-state index in [2.05, 4.69) is 9.36 Å². The summed E-state index contributed by atoms with van der Waals surface area (Å²) in [6.07, 6.45) is -4.19. The molecule has 8 heteroatoms. The second kappa shape index (κ2) is 4.10. The Bertz CT molecular complexity index is 602. The minimum atomic E-state index is -4.28. The summed E-state index contributed by atoms with van der Waals surface area (Å²) in [5.41, 5.74) is 0.0364. The Morgan fingerprint density at radius 1 is 1.47 bits per heavy atom. The van der Waals surface area contributed by atoms with Crippen LogP contribution >= 0.6 is 11.5 Å². The van der Waals surface area contributed by atoms with Gasteiger partial charge in [-0.2, -0.15) is 17.5 Å². The van der Waals surface area contributed by atoms with Crippen LogP contribution in [-0.2, 0) is 6.54 Å². The number of fused-ring (bicyclic) bond motifs is 1. The molecule has 0 amide bonds. The maximum absolute atomic E-state index is 12.1. The van der Waals surface area contributed by atoms with Gasteiger partial charge in [-0.1, -0.05) is 0 Å². The lowest BCUT2D eigenvalue weighted by Crippen LogP contribution is -2.23. The molecule has 0 aromatic carbocycles. The quantitative estimate of drug-likeness (QED) is 0.833. The van der Waals surface area contributed by atoms with Crippen molar-refractivity contribution in [1.29, 1.82) is 0 Å². The summed E-state index contributed by atoms with van der Waals surface area (Å²) in [5.74, 6) is 0. The van der Waals surface area contributed by atoms with Gasteiger partial charge in [-0.25, -0.2) is 4.98 Å². The lowest BCUT2D eigenvalue weighted by atomic mass is 10.3. The van der Waals surface area contributed by atoms with Crippen molar-refractivity contribution in [2.24, 2.45) is 0 Å². The molecule has 2 heterocycles. The van der Waals surface area contributed by atoms with Crippen LogP contribution in [0.5, 0.6) is 0 Å². The van der Waals surface area contributed by atoms with Gasteiger partial charge in [0.2, 0.25) is 0 Å². The van der Waals surface area contributed by atoms with Crippen LogP contribution in [0.3, 0.4) is 0 Å². The van der Waals surface area contributed by atoms with E-state index in [-0.39, 0.29) is 0 Å². The van der Waals surface area contributed by atoms with Gasteiger partial charge in [-0.3, -0.25) is 9.36 Å². The average molecular weight is 263 g/mol. The Kier molecular flexibility index (Phi) is 2.90. The average Bonchev–Trinajstić information content (AvgIpc) is 2.59. The second-order valence-electron chi connectivity index (χ2n) is 3.56. The van der Waals surface area contributed by atoms with Gasteiger partial charge in [0.05, 0.1) is 23.8 Å². The first-order valence-electron chi connectivity index (χ1n) is 4.76. The molecule has 0 bridgehead atoms. The minimum Gasteiger partial charge on any atom is -0.298 e. The fourth-order valence-electron chi connectivity index (χ4n) is 1.42. The van der Waals surface area contributed by atoms with Gasteiger partial charge in [0.25, 0.3) is 5.56 Å². The van der Waals surface area contributed by atoms with Crippen molar-refractivity contribution in [1.82, 2.24) is 13.9 Å². The molecule has 2 rings (SSSR count). The normalized spacial score (nSPS) is 12.2. The lowest BCUT2D eigenvalue weighted by Gasteiger charge is -2.07. The topological polar surface area (TPSA) is 47.8 Å². The van der Waals surface area contributed by atoms with Gasteiger partial charge in [0.15, 0.2) is 4.83 Å². The second-order valence-corrected chi connectivity index (χ2v) is 4.31. The maximum atomic E-state index is 12.1. The number of hydrogen-bond donors (Lipinski definition) is 0. The molecule has 0 unspecified atom stereocenters. The number of nitrogens with zero attached hydrogens (tertiary/aromatic N) is 3. The third-order valence-electron chi connectivity index (χ3n) is 2.27. The predicted molar refractivity (Wildman–Crippen MR) is 57.1 cm³/mol. The van der Waals surface area contributed by atoms with Gasteiger partial charge in [-0.15, -0.1) is 0 Å². The molecule has 0 spiro atoms. The molecule has 0 N–H and O–H groups in total. The fourth-order valence-corrected chi connectivity index (χ4v) is 2.15. The summed E-state index contributed by atoms with van der Waals surface area (Å²) >= 11 is 1.06. The van der Waals surface area contributed by atoms with Crippen molar-refractivity contribution in [3.8, 4) is 0 Å². The first-order chi connectivity index (χ1) is 7.88. The molecule has 92 valence electrons. The summed E-state index contributed by atoms with van der Waals surface area (Å²) in [7, 11) is 0. The highest BCUT2D eigenvalue weighted by Crippen LogP contribution is 2.20. The van der Waals surface area contributed by atoms with Crippen LogP contribution in [0.25, 0.3) is 10.2 Å². The van der Waals surface area contributed by atoms with Gasteiger partial charge >= 0.3 is 6.18 Å². The van der Waals surface area contributed by atoms with E-state index < -0.39 is 24.7 Å².